The molecule has 0 unspecified atom stereocenters. The number of rotatable bonds is 7. The number of aromatic nitrogens is 4. The molecule has 0 radical (unpaired) electrons. The molecule has 0 amide bonds. The van der Waals surface area contributed by atoms with E-state index in [9.17, 15) is 8.42 Å². The lowest BCUT2D eigenvalue weighted by Gasteiger charge is -2.13. The van der Waals surface area contributed by atoms with Crippen molar-refractivity contribution in [2.75, 3.05) is 6.54 Å². The zero-order chi connectivity index (χ0) is 17.2. The van der Waals surface area contributed by atoms with Crippen molar-refractivity contribution in [1.82, 2.24) is 24.6 Å². The second kappa shape index (κ2) is 6.70. The van der Waals surface area contributed by atoms with Crippen LogP contribution >= 0.6 is 0 Å². The van der Waals surface area contributed by atoms with E-state index < -0.39 is 10.0 Å². The van der Waals surface area contributed by atoms with Gasteiger partial charge in [-0.1, -0.05) is 19.0 Å². The van der Waals surface area contributed by atoms with Crippen LogP contribution in [0.2, 0.25) is 0 Å². The van der Waals surface area contributed by atoms with Gasteiger partial charge in [-0.25, -0.2) is 18.1 Å². The Labute approximate surface area is 139 Å². The van der Waals surface area contributed by atoms with E-state index >= 15 is 0 Å². The van der Waals surface area contributed by atoms with Crippen molar-refractivity contribution in [2.45, 2.75) is 31.7 Å². The number of nitrogens with zero attached hydrogens (tertiary/aromatic N) is 4. The fourth-order valence-corrected chi connectivity index (χ4v) is 3.52. The Hall–Kier alpha value is -2.26. The Kier molecular flexibility index (Phi) is 4.63. The Morgan fingerprint density at radius 3 is 2.96 bits per heavy atom. The molecule has 8 nitrogen and oxygen atoms in total. The maximum absolute atomic E-state index is 12.5. The fraction of sp³-hybridized carbons (Fsp3) is 0.400. The standard InChI is InChI=1S/C15H19N5O3S/c1-3-14-13-7-12(9-16-15(13)23-19-14)24(21,22)18-8-11(2)10-20-6-4-5-17-20/h4-7,9,11,18H,3,8,10H2,1-2H3/t11-/m1/s1. The van der Waals surface area contributed by atoms with Crippen molar-refractivity contribution in [3.8, 4) is 0 Å². The lowest BCUT2D eigenvalue weighted by Crippen LogP contribution is -2.30. The van der Waals surface area contributed by atoms with E-state index in [0.717, 1.165) is 0 Å². The van der Waals surface area contributed by atoms with Gasteiger partial charge in [0.25, 0.3) is 5.71 Å². The molecule has 3 rings (SSSR count). The molecule has 0 aromatic carbocycles. The normalized spacial score (nSPS) is 13.4. The van der Waals surface area contributed by atoms with E-state index in [0.29, 0.717) is 36.3 Å². The zero-order valence-corrected chi connectivity index (χ0v) is 14.3. The molecule has 0 fully saturated rings. The predicted octanol–water partition coefficient (Wildman–Crippen LogP) is 1.60. The average molecular weight is 349 g/mol. The number of sulfonamides is 1. The zero-order valence-electron chi connectivity index (χ0n) is 13.5. The number of pyridine rings is 1. The lowest BCUT2D eigenvalue weighted by atomic mass is 10.2. The molecule has 1 N–H and O–H groups in total. The topological polar surface area (TPSA) is 103 Å². The van der Waals surface area contributed by atoms with Crippen LogP contribution in [0.25, 0.3) is 11.1 Å². The van der Waals surface area contributed by atoms with Gasteiger partial charge in [-0.05, 0) is 24.5 Å². The summed E-state index contributed by atoms with van der Waals surface area (Å²) in [4.78, 5) is 4.15. The van der Waals surface area contributed by atoms with Crippen LogP contribution in [0.15, 0.2) is 40.1 Å². The molecule has 3 aromatic heterocycles. The largest absolute Gasteiger partial charge is 0.336 e. The minimum absolute atomic E-state index is 0.0955. The van der Waals surface area contributed by atoms with Crippen molar-refractivity contribution in [3.63, 3.8) is 0 Å². The van der Waals surface area contributed by atoms with Gasteiger partial charge in [-0.3, -0.25) is 4.68 Å². The molecule has 0 aliphatic rings. The summed E-state index contributed by atoms with van der Waals surface area (Å²) in [6, 6.07) is 3.39. The summed E-state index contributed by atoms with van der Waals surface area (Å²) in [5.74, 6) is 0.0955. The van der Waals surface area contributed by atoms with E-state index in [1.807, 2.05) is 26.1 Å². The molecule has 9 heteroatoms. The van der Waals surface area contributed by atoms with Gasteiger partial charge in [0, 0.05) is 25.5 Å². The van der Waals surface area contributed by atoms with Gasteiger partial charge in [0.15, 0.2) is 0 Å². The molecule has 3 heterocycles. The van der Waals surface area contributed by atoms with Crippen LogP contribution in [0.3, 0.4) is 0 Å². The Bertz CT molecular complexity index is 918. The van der Waals surface area contributed by atoms with Crippen molar-refractivity contribution in [2.24, 2.45) is 5.92 Å². The Morgan fingerprint density at radius 2 is 2.25 bits per heavy atom. The second-order valence-corrected chi connectivity index (χ2v) is 7.46. The van der Waals surface area contributed by atoms with Crippen LogP contribution in [-0.2, 0) is 23.0 Å². The minimum Gasteiger partial charge on any atom is -0.336 e. The SMILES string of the molecule is CCc1noc2ncc(S(=O)(=O)NC[C@@H](C)Cn3cccn3)cc12. The van der Waals surface area contributed by atoms with Crippen LogP contribution in [0, 0.1) is 5.92 Å². The Morgan fingerprint density at radius 1 is 1.42 bits per heavy atom. The van der Waals surface area contributed by atoms with E-state index in [1.54, 1.807) is 16.9 Å². The fourth-order valence-electron chi connectivity index (χ4n) is 2.39. The van der Waals surface area contributed by atoms with E-state index in [1.165, 1.54) is 6.20 Å². The number of nitrogens with one attached hydrogen (secondary N) is 1. The molecule has 1 atom stereocenters. The van der Waals surface area contributed by atoms with Gasteiger partial charge in [0.05, 0.1) is 17.3 Å². The van der Waals surface area contributed by atoms with Crippen molar-refractivity contribution < 1.29 is 12.9 Å². The highest BCUT2D eigenvalue weighted by Gasteiger charge is 2.19. The van der Waals surface area contributed by atoms with Gasteiger partial charge in [0.1, 0.15) is 4.90 Å². The molecular weight excluding hydrogens is 330 g/mol. The van der Waals surface area contributed by atoms with E-state index in [-0.39, 0.29) is 10.8 Å². The average Bonchev–Trinajstić information content (AvgIpc) is 3.21. The predicted molar refractivity (Wildman–Crippen MR) is 87.8 cm³/mol. The highest BCUT2D eigenvalue weighted by Crippen LogP contribution is 2.20. The maximum Gasteiger partial charge on any atom is 0.258 e. The van der Waals surface area contributed by atoms with Gasteiger partial charge in [-0.2, -0.15) is 5.10 Å². The smallest absolute Gasteiger partial charge is 0.258 e. The molecule has 0 spiro atoms. The van der Waals surface area contributed by atoms with Crippen LogP contribution in [0.4, 0.5) is 0 Å². The maximum atomic E-state index is 12.5. The van der Waals surface area contributed by atoms with Crippen molar-refractivity contribution >= 4 is 21.1 Å². The summed E-state index contributed by atoms with van der Waals surface area (Å²) in [6.45, 7) is 4.83. The number of hydrogen-bond donors (Lipinski definition) is 1. The minimum atomic E-state index is -3.64. The van der Waals surface area contributed by atoms with Crippen LogP contribution in [-0.4, -0.2) is 34.9 Å². The molecule has 3 aromatic rings. The third-order valence-electron chi connectivity index (χ3n) is 3.70. The highest BCUT2D eigenvalue weighted by atomic mass is 32.2. The molecule has 128 valence electrons. The second-order valence-electron chi connectivity index (χ2n) is 5.69. The van der Waals surface area contributed by atoms with Crippen molar-refractivity contribution in [3.05, 3.63) is 36.4 Å². The van der Waals surface area contributed by atoms with Gasteiger partial charge < -0.3 is 4.52 Å². The summed E-state index contributed by atoms with van der Waals surface area (Å²) < 4.78 is 34.4. The summed E-state index contributed by atoms with van der Waals surface area (Å²) in [7, 11) is -3.64. The van der Waals surface area contributed by atoms with E-state index in [4.69, 9.17) is 4.52 Å². The first kappa shape index (κ1) is 16.6. The quantitative estimate of drug-likeness (QED) is 0.695. The summed E-state index contributed by atoms with van der Waals surface area (Å²) in [5.41, 5.74) is 1.04. The highest BCUT2D eigenvalue weighted by molar-refractivity contribution is 7.89. The first-order chi connectivity index (χ1) is 11.5. The van der Waals surface area contributed by atoms with E-state index in [2.05, 4.69) is 20.0 Å². The number of fused-ring (bicyclic) bond motifs is 1. The van der Waals surface area contributed by atoms with Gasteiger partial charge >= 0.3 is 0 Å². The van der Waals surface area contributed by atoms with Crippen LogP contribution in [0.5, 0.6) is 0 Å². The first-order valence-corrected chi connectivity index (χ1v) is 9.19. The molecule has 0 saturated carbocycles. The van der Waals surface area contributed by atoms with Crippen LogP contribution < -0.4 is 4.72 Å². The van der Waals surface area contributed by atoms with Crippen LogP contribution in [0.1, 0.15) is 19.5 Å². The molecular formula is C15H19N5O3S. The summed E-state index contributed by atoms with van der Waals surface area (Å²) in [6.07, 6.45) is 5.48. The summed E-state index contributed by atoms with van der Waals surface area (Å²) >= 11 is 0. The number of aryl methyl sites for hydroxylation is 1. The number of hydrogen-bond acceptors (Lipinski definition) is 6. The molecule has 0 bridgehead atoms. The molecule has 24 heavy (non-hydrogen) atoms. The third-order valence-corrected chi connectivity index (χ3v) is 5.09. The van der Waals surface area contributed by atoms with Gasteiger partial charge in [-0.15, -0.1) is 0 Å². The molecule has 0 saturated heterocycles. The third kappa shape index (κ3) is 3.46. The molecule has 0 aliphatic carbocycles. The first-order valence-electron chi connectivity index (χ1n) is 7.71. The van der Waals surface area contributed by atoms with Crippen molar-refractivity contribution in [1.29, 1.82) is 0 Å². The lowest BCUT2D eigenvalue weighted by molar-refractivity contribution is 0.439. The van der Waals surface area contributed by atoms with Gasteiger partial charge in [0.2, 0.25) is 10.0 Å². The Balaban J connectivity index is 1.72. The monoisotopic (exact) mass is 349 g/mol. The summed E-state index contributed by atoms with van der Waals surface area (Å²) in [5, 5.41) is 8.64. The molecule has 0 aliphatic heterocycles.